The lowest BCUT2D eigenvalue weighted by molar-refractivity contribution is 0.0702. The zero-order valence-corrected chi connectivity index (χ0v) is 17.0. The average Bonchev–Trinajstić information content (AvgIpc) is 3.15. The molecule has 0 radical (unpaired) electrons. The first-order valence-electron chi connectivity index (χ1n) is 10.0. The molecule has 1 aromatic heterocycles. The molecule has 3 aromatic rings. The van der Waals surface area contributed by atoms with Crippen LogP contribution in [0.2, 0.25) is 0 Å². The van der Waals surface area contributed by atoms with E-state index in [1.807, 2.05) is 30.5 Å². The first kappa shape index (κ1) is 19.6. The first-order chi connectivity index (χ1) is 14.2. The van der Waals surface area contributed by atoms with Gasteiger partial charge in [-0.05, 0) is 54.3 Å². The number of aliphatic hydroxyl groups excluding tert-OH is 1. The molecule has 0 spiro atoms. The lowest BCUT2D eigenvalue weighted by atomic mass is 10.0. The number of hydrogen-bond acceptors (Lipinski definition) is 5. The van der Waals surface area contributed by atoms with E-state index in [1.54, 1.807) is 14.2 Å². The number of fused-ring (bicyclic) bond motifs is 2. The van der Waals surface area contributed by atoms with Crippen molar-refractivity contribution in [1.29, 1.82) is 0 Å². The smallest absolute Gasteiger partial charge is 0.161 e. The van der Waals surface area contributed by atoms with Crippen molar-refractivity contribution in [2.75, 3.05) is 40.5 Å². The monoisotopic (exact) mass is 396 g/mol. The summed E-state index contributed by atoms with van der Waals surface area (Å²) in [5.74, 6) is 2.34. The predicted molar refractivity (Wildman–Crippen MR) is 113 cm³/mol. The van der Waals surface area contributed by atoms with Crippen LogP contribution in [0.3, 0.4) is 0 Å². The lowest BCUT2D eigenvalue weighted by Crippen LogP contribution is -2.37. The summed E-state index contributed by atoms with van der Waals surface area (Å²) in [6.45, 7) is 2.65. The molecular weight excluding hydrogens is 368 g/mol. The van der Waals surface area contributed by atoms with Crippen molar-refractivity contribution in [3.63, 3.8) is 0 Å². The Hall–Kier alpha value is -2.70. The van der Waals surface area contributed by atoms with Gasteiger partial charge in [-0.1, -0.05) is 6.07 Å². The van der Waals surface area contributed by atoms with E-state index in [-0.39, 0.29) is 6.61 Å². The van der Waals surface area contributed by atoms with E-state index in [9.17, 15) is 5.11 Å². The second-order valence-electron chi connectivity index (χ2n) is 7.44. The largest absolute Gasteiger partial charge is 0.493 e. The SMILES string of the molecule is COc1cc2c(cc1OC)CCN(C[C@H](O)COc1cccc3[nH]ccc13)CC2. The van der Waals surface area contributed by atoms with Crippen LogP contribution in [0.15, 0.2) is 42.6 Å². The number of aliphatic hydroxyl groups is 1. The number of methoxy groups -OCH3 is 2. The molecule has 6 heteroatoms. The van der Waals surface area contributed by atoms with Gasteiger partial charge in [0.2, 0.25) is 0 Å². The Labute approximate surface area is 171 Å². The van der Waals surface area contributed by atoms with E-state index in [0.717, 1.165) is 54.1 Å². The fraction of sp³-hybridized carbons (Fsp3) is 0.391. The normalized spacial score (nSPS) is 15.6. The van der Waals surface area contributed by atoms with E-state index < -0.39 is 6.10 Å². The molecule has 0 saturated heterocycles. The molecule has 0 saturated carbocycles. The van der Waals surface area contributed by atoms with Gasteiger partial charge in [0.25, 0.3) is 0 Å². The van der Waals surface area contributed by atoms with Crippen LogP contribution in [0, 0.1) is 0 Å². The fourth-order valence-electron chi connectivity index (χ4n) is 4.00. The minimum Gasteiger partial charge on any atom is -0.493 e. The highest BCUT2D eigenvalue weighted by molar-refractivity contribution is 5.85. The van der Waals surface area contributed by atoms with E-state index in [0.29, 0.717) is 6.54 Å². The number of aromatic amines is 1. The Morgan fingerprint density at radius 2 is 1.69 bits per heavy atom. The standard InChI is InChI=1S/C23H28N2O4/c1-27-22-12-16-7-10-25(11-8-17(16)13-23(22)28-2)14-18(26)15-29-21-5-3-4-20-19(21)6-9-24-20/h3-6,9,12-13,18,24,26H,7-8,10-11,14-15H2,1-2H3/t18-/m0/s1. The molecule has 0 aliphatic carbocycles. The molecule has 0 amide bonds. The summed E-state index contributed by atoms with van der Waals surface area (Å²) >= 11 is 0. The molecule has 1 aliphatic heterocycles. The first-order valence-corrected chi connectivity index (χ1v) is 10.0. The van der Waals surface area contributed by atoms with Crippen molar-refractivity contribution in [3.05, 3.63) is 53.7 Å². The summed E-state index contributed by atoms with van der Waals surface area (Å²) in [7, 11) is 3.33. The Kier molecular flexibility index (Phi) is 5.92. The number of hydrogen-bond donors (Lipinski definition) is 2. The number of H-pyrrole nitrogens is 1. The van der Waals surface area contributed by atoms with Crippen molar-refractivity contribution < 1.29 is 19.3 Å². The number of rotatable bonds is 7. The van der Waals surface area contributed by atoms with Gasteiger partial charge in [-0.3, -0.25) is 4.90 Å². The third kappa shape index (κ3) is 4.33. The summed E-state index contributed by atoms with van der Waals surface area (Å²) < 4.78 is 16.8. The Morgan fingerprint density at radius 1 is 1.00 bits per heavy atom. The zero-order chi connectivity index (χ0) is 20.2. The summed E-state index contributed by atoms with van der Waals surface area (Å²) in [6, 6.07) is 12.0. The minimum absolute atomic E-state index is 0.273. The quantitative estimate of drug-likeness (QED) is 0.643. The summed E-state index contributed by atoms with van der Waals surface area (Å²) in [5, 5.41) is 11.6. The topological polar surface area (TPSA) is 67.0 Å². The Morgan fingerprint density at radius 3 is 2.34 bits per heavy atom. The third-order valence-electron chi connectivity index (χ3n) is 5.56. The second-order valence-corrected chi connectivity index (χ2v) is 7.44. The van der Waals surface area contributed by atoms with E-state index >= 15 is 0 Å². The summed E-state index contributed by atoms with van der Waals surface area (Å²) in [6.07, 6.45) is 3.19. The molecule has 1 atom stereocenters. The van der Waals surface area contributed by atoms with Crippen LogP contribution in [-0.4, -0.2) is 61.6 Å². The molecule has 1 aliphatic rings. The highest BCUT2D eigenvalue weighted by atomic mass is 16.5. The maximum Gasteiger partial charge on any atom is 0.161 e. The minimum atomic E-state index is -0.547. The van der Waals surface area contributed by atoms with Gasteiger partial charge in [-0.25, -0.2) is 0 Å². The second kappa shape index (κ2) is 8.76. The van der Waals surface area contributed by atoms with Crippen LogP contribution < -0.4 is 14.2 Å². The van der Waals surface area contributed by atoms with Crippen LogP contribution in [0.5, 0.6) is 17.2 Å². The van der Waals surface area contributed by atoms with Gasteiger partial charge in [0.15, 0.2) is 11.5 Å². The number of aromatic nitrogens is 1. The van der Waals surface area contributed by atoms with Gasteiger partial charge in [0, 0.05) is 36.7 Å². The highest BCUT2D eigenvalue weighted by Crippen LogP contribution is 2.32. The van der Waals surface area contributed by atoms with Crippen LogP contribution in [0.25, 0.3) is 10.9 Å². The van der Waals surface area contributed by atoms with Gasteiger partial charge in [-0.2, -0.15) is 0 Å². The molecule has 0 bridgehead atoms. The van der Waals surface area contributed by atoms with Crippen molar-refractivity contribution in [2.24, 2.45) is 0 Å². The van der Waals surface area contributed by atoms with Crippen LogP contribution in [0.1, 0.15) is 11.1 Å². The van der Waals surface area contributed by atoms with Crippen molar-refractivity contribution in [1.82, 2.24) is 9.88 Å². The average molecular weight is 396 g/mol. The third-order valence-corrected chi connectivity index (χ3v) is 5.56. The molecule has 4 rings (SSSR count). The molecule has 29 heavy (non-hydrogen) atoms. The van der Waals surface area contributed by atoms with Crippen molar-refractivity contribution in [2.45, 2.75) is 18.9 Å². The van der Waals surface area contributed by atoms with Gasteiger partial charge in [0.1, 0.15) is 18.5 Å². The van der Waals surface area contributed by atoms with Crippen LogP contribution in [0.4, 0.5) is 0 Å². The van der Waals surface area contributed by atoms with Gasteiger partial charge in [-0.15, -0.1) is 0 Å². The molecule has 0 fully saturated rings. The van der Waals surface area contributed by atoms with E-state index in [1.165, 1.54) is 11.1 Å². The van der Waals surface area contributed by atoms with Gasteiger partial charge in [0.05, 0.1) is 14.2 Å². The van der Waals surface area contributed by atoms with Gasteiger partial charge >= 0.3 is 0 Å². The molecule has 2 heterocycles. The fourth-order valence-corrected chi connectivity index (χ4v) is 4.00. The molecule has 0 unspecified atom stereocenters. The summed E-state index contributed by atoms with van der Waals surface area (Å²) in [4.78, 5) is 5.47. The summed E-state index contributed by atoms with van der Waals surface area (Å²) in [5.41, 5.74) is 3.61. The number of ether oxygens (including phenoxy) is 3. The Balaban J connectivity index is 1.34. The van der Waals surface area contributed by atoms with Crippen LogP contribution in [-0.2, 0) is 12.8 Å². The highest BCUT2D eigenvalue weighted by Gasteiger charge is 2.19. The number of nitrogens with one attached hydrogen (secondary N) is 1. The van der Waals surface area contributed by atoms with E-state index in [4.69, 9.17) is 14.2 Å². The number of benzene rings is 2. The Bertz CT molecular complexity index is 934. The number of β-amino-alcohol motifs (C(OH)–C–C–N with tert-alkyl or cyclic N) is 1. The van der Waals surface area contributed by atoms with E-state index in [2.05, 4.69) is 22.0 Å². The predicted octanol–water partition coefficient (Wildman–Crippen LogP) is 3.03. The zero-order valence-electron chi connectivity index (χ0n) is 17.0. The molecule has 154 valence electrons. The van der Waals surface area contributed by atoms with Crippen molar-refractivity contribution in [3.8, 4) is 17.2 Å². The number of nitrogens with zero attached hydrogens (tertiary/aromatic N) is 1. The molecule has 2 N–H and O–H groups in total. The molecule has 6 nitrogen and oxygen atoms in total. The van der Waals surface area contributed by atoms with Crippen molar-refractivity contribution >= 4 is 10.9 Å². The van der Waals surface area contributed by atoms with Crippen LogP contribution >= 0.6 is 0 Å². The van der Waals surface area contributed by atoms with Gasteiger partial charge < -0.3 is 24.3 Å². The maximum absolute atomic E-state index is 10.5. The maximum atomic E-state index is 10.5. The molecule has 2 aromatic carbocycles. The molecular formula is C23H28N2O4. The lowest BCUT2D eigenvalue weighted by Gasteiger charge is -2.23.